The van der Waals surface area contributed by atoms with Gasteiger partial charge in [-0.25, -0.2) is 4.79 Å². The van der Waals surface area contributed by atoms with E-state index in [1.165, 1.54) is 13.8 Å². The number of carbonyl (C=O) groups excluding carboxylic acids is 6. The zero-order valence-electron chi connectivity index (χ0n) is 34.8. The smallest absolute Gasteiger partial charge is 0.326 e. The van der Waals surface area contributed by atoms with Crippen LogP contribution in [0.1, 0.15) is 105 Å². The zero-order valence-corrected chi connectivity index (χ0v) is 34.8. The number of carbonyl (C=O) groups is 11. The highest BCUT2D eigenvalue weighted by atomic mass is 16.4. The molecule has 0 bridgehead atoms. The van der Waals surface area contributed by atoms with Gasteiger partial charge in [0.25, 0.3) is 0 Å². The molecule has 0 aromatic heterocycles. The molecule has 0 aliphatic heterocycles. The van der Waals surface area contributed by atoms with Crippen LogP contribution in [-0.4, -0.2) is 140 Å². The Bertz CT molecular complexity index is 1560. The summed E-state index contributed by atoms with van der Waals surface area (Å²) in [5, 5.41) is 60.3. The Morgan fingerprint density at radius 3 is 1.13 bits per heavy atom. The number of hydrogen-bond acceptors (Lipinski definition) is 13. The molecule has 346 valence electrons. The Hall–Kier alpha value is -5.91. The largest absolute Gasteiger partial charge is 0.481 e. The summed E-state index contributed by atoms with van der Waals surface area (Å²) in [6.07, 6.45) is -3.57. The molecule has 61 heavy (non-hydrogen) atoms. The maximum Gasteiger partial charge on any atom is 0.326 e. The average molecular weight is 875 g/mol. The van der Waals surface area contributed by atoms with Crippen LogP contribution in [0.15, 0.2) is 0 Å². The third-order valence-corrected chi connectivity index (χ3v) is 9.49. The van der Waals surface area contributed by atoms with E-state index in [0.29, 0.717) is 19.3 Å². The molecule has 24 heteroatoms. The molecule has 0 aromatic carbocycles. The maximum atomic E-state index is 13.8. The predicted octanol–water partition coefficient (Wildman–Crippen LogP) is -2.40. The van der Waals surface area contributed by atoms with Crippen LogP contribution in [0.3, 0.4) is 0 Å². The number of rotatable bonds is 32. The van der Waals surface area contributed by atoms with E-state index < -0.39 is 158 Å². The second kappa shape index (κ2) is 28.5. The molecule has 0 aliphatic rings. The number of nitrogens with one attached hydrogen (secondary N) is 6. The van der Waals surface area contributed by atoms with Gasteiger partial charge < -0.3 is 68.9 Å². The molecule has 0 aromatic rings. The minimum absolute atomic E-state index is 0.0321. The van der Waals surface area contributed by atoms with E-state index in [-0.39, 0.29) is 25.3 Å². The summed E-state index contributed by atoms with van der Waals surface area (Å²) >= 11 is 0. The first-order valence-corrected chi connectivity index (χ1v) is 19.8. The molecule has 0 saturated carbocycles. The number of carboxylic acid groups (broad SMARTS) is 5. The van der Waals surface area contributed by atoms with Gasteiger partial charge in [0, 0.05) is 25.7 Å². The third kappa shape index (κ3) is 22.3. The Morgan fingerprint density at radius 2 is 0.787 bits per heavy atom. The lowest BCUT2D eigenvalue weighted by molar-refractivity contribution is -0.144. The molecular formula is C37H62N8O16. The highest BCUT2D eigenvalue weighted by molar-refractivity contribution is 5.97. The highest BCUT2D eigenvalue weighted by Gasteiger charge is 2.35. The van der Waals surface area contributed by atoms with Crippen molar-refractivity contribution in [2.75, 3.05) is 6.54 Å². The molecule has 6 amide bonds. The van der Waals surface area contributed by atoms with Crippen LogP contribution in [0.25, 0.3) is 0 Å². The first kappa shape index (κ1) is 55.1. The van der Waals surface area contributed by atoms with Crippen LogP contribution in [-0.2, 0) is 52.7 Å². The molecule has 0 aliphatic carbocycles. The molecule has 0 unspecified atom stereocenters. The van der Waals surface area contributed by atoms with Crippen molar-refractivity contribution in [2.45, 2.75) is 147 Å². The number of aliphatic carboxylic acids is 5. The second-order valence-corrected chi connectivity index (χ2v) is 14.8. The second-order valence-electron chi connectivity index (χ2n) is 14.8. The van der Waals surface area contributed by atoms with Gasteiger partial charge in [0.05, 0.1) is 6.04 Å². The lowest BCUT2D eigenvalue weighted by atomic mass is 9.98. The van der Waals surface area contributed by atoms with Gasteiger partial charge in [0.15, 0.2) is 0 Å². The fourth-order valence-corrected chi connectivity index (χ4v) is 5.54. The van der Waals surface area contributed by atoms with Crippen molar-refractivity contribution in [3.8, 4) is 0 Å². The molecule has 24 nitrogen and oxygen atoms in total. The summed E-state index contributed by atoms with van der Waals surface area (Å²) in [6, 6.07) is -10.5. The zero-order chi connectivity index (χ0) is 47.0. The summed E-state index contributed by atoms with van der Waals surface area (Å²) in [6.45, 7) is 6.73. The van der Waals surface area contributed by atoms with Crippen LogP contribution in [0.4, 0.5) is 0 Å². The van der Waals surface area contributed by atoms with Gasteiger partial charge in [-0.05, 0) is 63.3 Å². The van der Waals surface area contributed by atoms with Crippen molar-refractivity contribution >= 4 is 65.3 Å². The molecular weight excluding hydrogens is 812 g/mol. The molecule has 0 saturated heterocycles. The monoisotopic (exact) mass is 874 g/mol. The third-order valence-electron chi connectivity index (χ3n) is 9.49. The first-order chi connectivity index (χ1) is 28.4. The predicted molar refractivity (Wildman–Crippen MR) is 212 cm³/mol. The van der Waals surface area contributed by atoms with Crippen molar-refractivity contribution in [3.05, 3.63) is 0 Å². The van der Waals surface area contributed by atoms with Gasteiger partial charge in [-0.15, -0.1) is 0 Å². The fourth-order valence-electron chi connectivity index (χ4n) is 5.54. The van der Waals surface area contributed by atoms with Crippen LogP contribution in [0.2, 0.25) is 0 Å². The summed E-state index contributed by atoms with van der Waals surface area (Å²) in [4.78, 5) is 137. The lowest BCUT2D eigenvalue weighted by Crippen LogP contribution is -2.60. The Balaban J connectivity index is 6.49. The molecule has 15 N–H and O–H groups in total. The van der Waals surface area contributed by atoms with Crippen molar-refractivity contribution < 1.29 is 78.3 Å². The normalized spacial score (nSPS) is 14.9. The van der Waals surface area contributed by atoms with Crippen LogP contribution < -0.4 is 43.4 Å². The number of nitrogens with two attached hydrogens (primary N) is 2. The average Bonchev–Trinajstić information content (AvgIpc) is 3.17. The van der Waals surface area contributed by atoms with E-state index in [2.05, 4.69) is 26.6 Å². The van der Waals surface area contributed by atoms with E-state index >= 15 is 0 Å². The van der Waals surface area contributed by atoms with Crippen molar-refractivity contribution in [3.63, 3.8) is 0 Å². The standard InChI is InChI=1S/C37H62N8O16/c1-5-19(4)29(39)35(58)42-22(10-14-26(48)49)31(54)40-20(8-6-7-17-38)34(57)45-30(18(2)3)36(59)43-23(11-15-27(50)51)32(55)41-21(9-13-25(46)47)33(56)44-24(37(60)61)12-16-28(52)53/h18-24,29-30H,5-17,38-39H2,1-4H3,(H,40,54)(H,41,55)(H,42,58)(H,43,59)(H,44,56)(H,45,57)(H,46,47)(H,48,49)(H,50,51)(H,52,53)(H,60,61)/t19-,20-,21-,22-,23-,24-,29-,30-/m0/s1. The van der Waals surface area contributed by atoms with Crippen LogP contribution >= 0.6 is 0 Å². The quantitative estimate of drug-likeness (QED) is 0.0313. The molecule has 8 atom stereocenters. The van der Waals surface area contributed by atoms with E-state index in [4.69, 9.17) is 16.6 Å². The Labute approximate surface area is 352 Å². The van der Waals surface area contributed by atoms with Crippen LogP contribution in [0.5, 0.6) is 0 Å². The summed E-state index contributed by atoms with van der Waals surface area (Å²) in [7, 11) is 0. The van der Waals surface area contributed by atoms with Crippen molar-refractivity contribution in [2.24, 2.45) is 23.3 Å². The topological polar surface area (TPSA) is 413 Å². The highest BCUT2D eigenvalue weighted by Crippen LogP contribution is 2.11. The van der Waals surface area contributed by atoms with E-state index in [1.54, 1.807) is 13.8 Å². The fraction of sp³-hybridized carbons (Fsp3) is 0.703. The number of unbranched alkanes of at least 4 members (excludes halogenated alkanes) is 1. The van der Waals surface area contributed by atoms with Gasteiger partial charge in [-0.1, -0.05) is 34.1 Å². The maximum absolute atomic E-state index is 13.8. The van der Waals surface area contributed by atoms with E-state index in [1.807, 2.05) is 5.32 Å². The molecule has 0 rings (SSSR count). The van der Waals surface area contributed by atoms with Crippen molar-refractivity contribution in [1.82, 2.24) is 31.9 Å². The molecule has 0 radical (unpaired) electrons. The van der Waals surface area contributed by atoms with Gasteiger partial charge in [0.2, 0.25) is 35.4 Å². The molecule has 0 heterocycles. The van der Waals surface area contributed by atoms with Gasteiger partial charge in [-0.2, -0.15) is 0 Å². The van der Waals surface area contributed by atoms with Crippen molar-refractivity contribution in [1.29, 1.82) is 0 Å². The minimum atomic E-state index is -1.76. The Morgan fingerprint density at radius 1 is 0.459 bits per heavy atom. The number of amides is 6. The Kier molecular flexibility index (Phi) is 25.8. The molecule has 0 spiro atoms. The van der Waals surface area contributed by atoms with Gasteiger partial charge in [0.1, 0.15) is 36.3 Å². The van der Waals surface area contributed by atoms with Crippen LogP contribution in [0, 0.1) is 11.8 Å². The van der Waals surface area contributed by atoms with E-state index in [0.717, 1.165) is 0 Å². The first-order valence-electron chi connectivity index (χ1n) is 19.8. The van der Waals surface area contributed by atoms with E-state index in [9.17, 15) is 73.2 Å². The summed E-state index contributed by atoms with van der Waals surface area (Å²) in [5.41, 5.74) is 11.6. The number of carboxylic acids is 5. The minimum Gasteiger partial charge on any atom is -0.481 e. The molecule has 0 fully saturated rings. The van der Waals surface area contributed by atoms with Gasteiger partial charge >= 0.3 is 29.8 Å². The summed E-state index contributed by atoms with van der Waals surface area (Å²) in [5.74, 6) is -14.1. The van der Waals surface area contributed by atoms with Gasteiger partial charge in [-0.3, -0.25) is 47.9 Å². The SMILES string of the molecule is CC[C@H](C)[C@H](N)C(=O)N[C@@H](CCC(=O)O)C(=O)N[C@@H](CCCCN)C(=O)N[C@H](C(=O)N[C@@H](CCC(=O)O)C(=O)N[C@@H](CCC(=O)O)C(=O)N[C@@H](CCC(=O)O)C(=O)O)C(C)C. The lowest BCUT2D eigenvalue weighted by Gasteiger charge is -2.29. The number of hydrogen-bond donors (Lipinski definition) is 13. The summed E-state index contributed by atoms with van der Waals surface area (Å²) < 4.78 is 0.